The van der Waals surface area contributed by atoms with Crippen molar-refractivity contribution in [3.8, 4) is 22.9 Å². The third kappa shape index (κ3) is 3.03. The Balaban J connectivity index is 1.92. The van der Waals surface area contributed by atoms with Gasteiger partial charge in [0.05, 0.1) is 0 Å². The fourth-order valence-corrected chi connectivity index (χ4v) is 2.17. The molecule has 3 rings (SSSR count). The van der Waals surface area contributed by atoms with E-state index in [-0.39, 0.29) is 5.91 Å². The van der Waals surface area contributed by atoms with Crippen LogP contribution in [0, 0.1) is 6.92 Å². The van der Waals surface area contributed by atoms with E-state index in [1.54, 1.807) is 6.07 Å². The third-order valence-corrected chi connectivity index (χ3v) is 3.12. The van der Waals surface area contributed by atoms with E-state index in [9.17, 15) is 4.79 Å². The van der Waals surface area contributed by atoms with Crippen molar-refractivity contribution in [2.75, 3.05) is 5.32 Å². The molecule has 110 valence electrons. The van der Waals surface area contributed by atoms with Gasteiger partial charge in [0.15, 0.2) is 0 Å². The Kier molecular flexibility index (Phi) is 3.70. The molecule has 0 unspecified atom stereocenters. The van der Waals surface area contributed by atoms with Crippen LogP contribution in [0.2, 0.25) is 0 Å². The summed E-state index contributed by atoms with van der Waals surface area (Å²) >= 11 is 0. The standard InChI is InChI=1S/C17H15N3O2/c1-11-5-3-6-13(9-11)16-19-20-17(22-16)14-7-4-8-15(10-14)18-12(2)21/h3-10H,1-2H3,(H,18,21). The van der Waals surface area contributed by atoms with E-state index in [0.29, 0.717) is 17.5 Å². The predicted molar refractivity (Wildman–Crippen MR) is 84.2 cm³/mol. The summed E-state index contributed by atoms with van der Waals surface area (Å²) in [6, 6.07) is 15.2. The summed E-state index contributed by atoms with van der Waals surface area (Å²) in [5, 5.41) is 10.9. The van der Waals surface area contributed by atoms with Crippen molar-refractivity contribution in [3.05, 3.63) is 54.1 Å². The smallest absolute Gasteiger partial charge is 0.248 e. The number of aryl methyl sites for hydroxylation is 1. The molecule has 1 aromatic heterocycles. The maximum absolute atomic E-state index is 11.1. The van der Waals surface area contributed by atoms with Gasteiger partial charge < -0.3 is 9.73 Å². The number of nitrogens with zero attached hydrogens (tertiary/aromatic N) is 2. The molecule has 0 saturated carbocycles. The molecule has 3 aromatic rings. The second-order valence-electron chi connectivity index (χ2n) is 5.04. The number of aromatic nitrogens is 2. The van der Waals surface area contributed by atoms with E-state index in [2.05, 4.69) is 15.5 Å². The number of carbonyl (C=O) groups excluding carboxylic acids is 1. The first kappa shape index (κ1) is 14.0. The van der Waals surface area contributed by atoms with Gasteiger partial charge >= 0.3 is 0 Å². The average molecular weight is 293 g/mol. The number of carbonyl (C=O) groups is 1. The van der Waals surface area contributed by atoms with E-state index in [4.69, 9.17) is 4.42 Å². The highest BCUT2D eigenvalue weighted by molar-refractivity contribution is 5.89. The summed E-state index contributed by atoms with van der Waals surface area (Å²) in [4.78, 5) is 11.1. The first-order valence-corrected chi connectivity index (χ1v) is 6.90. The Morgan fingerprint density at radius 1 is 1.00 bits per heavy atom. The average Bonchev–Trinajstić information content (AvgIpc) is 2.97. The highest BCUT2D eigenvalue weighted by Crippen LogP contribution is 2.26. The topological polar surface area (TPSA) is 68.0 Å². The molecule has 2 aromatic carbocycles. The van der Waals surface area contributed by atoms with Crippen LogP contribution in [0.1, 0.15) is 12.5 Å². The lowest BCUT2D eigenvalue weighted by Crippen LogP contribution is -2.05. The molecular formula is C17H15N3O2. The van der Waals surface area contributed by atoms with Crippen LogP contribution in [0.25, 0.3) is 22.9 Å². The Labute approximate surface area is 128 Å². The van der Waals surface area contributed by atoms with Gasteiger partial charge in [0.2, 0.25) is 17.7 Å². The van der Waals surface area contributed by atoms with Gasteiger partial charge in [0, 0.05) is 23.7 Å². The maximum atomic E-state index is 11.1. The van der Waals surface area contributed by atoms with Crippen LogP contribution >= 0.6 is 0 Å². The van der Waals surface area contributed by atoms with Crippen molar-refractivity contribution < 1.29 is 9.21 Å². The molecule has 1 N–H and O–H groups in total. The summed E-state index contributed by atoms with van der Waals surface area (Å²) in [7, 11) is 0. The molecule has 0 atom stereocenters. The minimum atomic E-state index is -0.122. The van der Waals surface area contributed by atoms with Crippen molar-refractivity contribution >= 4 is 11.6 Å². The van der Waals surface area contributed by atoms with Gasteiger partial charge in [-0.1, -0.05) is 23.8 Å². The fraction of sp³-hybridized carbons (Fsp3) is 0.118. The van der Waals surface area contributed by atoms with Crippen LogP contribution in [-0.4, -0.2) is 16.1 Å². The molecule has 1 heterocycles. The monoisotopic (exact) mass is 293 g/mol. The van der Waals surface area contributed by atoms with Gasteiger partial charge in [0.1, 0.15) is 0 Å². The number of amides is 1. The van der Waals surface area contributed by atoms with Gasteiger partial charge in [-0.3, -0.25) is 4.79 Å². The third-order valence-electron chi connectivity index (χ3n) is 3.12. The molecule has 0 aliphatic rings. The highest BCUT2D eigenvalue weighted by atomic mass is 16.4. The number of nitrogens with one attached hydrogen (secondary N) is 1. The molecular weight excluding hydrogens is 278 g/mol. The van der Waals surface area contributed by atoms with Gasteiger partial charge in [-0.05, 0) is 37.3 Å². The van der Waals surface area contributed by atoms with Gasteiger partial charge in [-0.15, -0.1) is 10.2 Å². The first-order valence-electron chi connectivity index (χ1n) is 6.90. The Bertz CT molecular complexity index is 824. The predicted octanol–water partition coefficient (Wildman–Crippen LogP) is 3.67. The first-order chi connectivity index (χ1) is 10.6. The van der Waals surface area contributed by atoms with Crippen molar-refractivity contribution in [1.82, 2.24) is 10.2 Å². The van der Waals surface area contributed by atoms with Crippen LogP contribution < -0.4 is 5.32 Å². The van der Waals surface area contributed by atoms with Crippen LogP contribution in [0.5, 0.6) is 0 Å². The zero-order chi connectivity index (χ0) is 15.5. The fourth-order valence-electron chi connectivity index (χ4n) is 2.17. The van der Waals surface area contributed by atoms with Crippen LogP contribution in [0.3, 0.4) is 0 Å². The summed E-state index contributed by atoms with van der Waals surface area (Å²) < 4.78 is 5.74. The molecule has 1 amide bonds. The maximum Gasteiger partial charge on any atom is 0.248 e. The zero-order valence-corrected chi connectivity index (χ0v) is 12.3. The van der Waals surface area contributed by atoms with Gasteiger partial charge in [-0.2, -0.15) is 0 Å². The van der Waals surface area contributed by atoms with E-state index in [1.165, 1.54) is 6.92 Å². The number of anilines is 1. The van der Waals surface area contributed by atoms with Crippen LogP contribution in [0.4, 0.5) is 5.69 Å². The van der Waals surface area contributed by atoms with Crippen molar-refractivity contribution in [2.24, 2.45) is 0 Å². The van der Waals surface area contributed by atoms with Crippen molar-refractivity contribution in [1.29, 1.82) is 0 Å². The summed E-state index contributed by atoms with van der Waals surface area (Å²) in [6.45, 7) is 3.48. The minimum Gasteiger partial charge on any atom is -0.416 e. The molecule has 22 heavy (non-hydrogen) atoms. The molecule has 0 fully saturated rings. The SMILES string of the molecule is CC(=O)Nc1cccc(-c2nnc(-c3cccc(C)c3)o2)c1. The quantitative estimate of drug-likeness (QED) is 0.800. The Morgan fingerprint density at radius 2 is 1.64 bits per heavy atom. The largest absolute Gasteiger partial charge is 0.416 e. The van der Waals surface area contributed by atoms with Gasteiger partial charge in [-0.25, -0.2) is 0 Å². The summed E-state index contributed by atoms with van der Waals surface area (Å²) in [5.74, 6) is 0.774. The molecule has 0 aliphatic heterocycles. The molecule has 5 heteroatoms. The highest BCUT2D eigenvalue weighted by Gasteiger charge is 2.11. The normalized spacial score (nSPS) is 10.5. The summed E-state index contributed by atoms with van der Waals surface area (Å²) in [5.41, 5.74) is 3.47. The second kappa shape index (κ2) is 5.81. The molecule has 0 bridgehead atoms. The number of rotatable bonds is 3. The number of hydrogen-bond donors (Lipinski definition) is 1. The molecule has 0 saturated heterocycles. The summed E-state index contributed by atoms with van der Waals surface area (Å²) in [6.07, 6.45) is 0. The lowest BCUT2D eigenvalue weighted by atomic mass is 10.1. The molecule has 0 radical (unpaired) electrons. The van der Waals surface area contributed by atoms with E-state index in [1.807, 2.05) is 49.4 Å². The van der Waals surface area contributed by atoms with Crippen LogP contribution in [-0.2, 0) is 4.79 Å². The Morgan fingerprint density at radius 3 is 2.27 bits per heavy atom. The molecule has 5 nitrogen and oxygen atoms in total. The molecule has 0 spiro atoms. The zero-order valence-electron chi connectivity index (χ0n) is 12.3. The van der Waals surface area contributed by atoms with E-state index >= 15 is 0 Å². The number of hydrogen-bond acceptors (Lipinski definition) is 4. The Hall–Kier alpha value is -2.95. The lowest BCUT2D eigenvalue weighted by Gasteiger charge is -2.02. The van der Waals surface area contributed by atoms with E-state index < -0.39 is 0 Å². The van der Waals surface area contributed by atoms with E-state index in [0.717, 1.165) is 16.7 Å². The van der Waals surface area contributed by atoms with Crippen molar-refractivity contribution in [2.45, 2.75) is 13.8 Å². The minimum absolute atomic E-state index is 0.122. The van der Waals surface area contributed by atoms with Crippen LogP contribution in [0.15, 0.2) is 52.9 Å². The number of benzene rings is 2. The lowest BCUT2D eigenvalue weighted by molar-refractivity contribution is -0.114. The van der Waals surface area contributed by atoms with Gasteiger partial charge in [0.25, 0.3) is 0 Å². The molecule has 0 aliphatic carbocycles. The van der Waals surface area contributed by atoms with Crippen molar-refractivity contribution in [3.63, 3.8) is 0 Å². The second-order valence-corrected chi connectivity index (χ2v) is 5.04.